The Kier molecular flexibility index (Phi) is 3.58. The van der Waals surface area contributed by atoms with E-state index >= 15 is 0 Å². The Labute approximate surface area is 95.0 Å². The first-order valence-corrected chi connectivity index (χ1v) is 5.56. The molecule has 0 saturated carbocycles. The molecule has 0 aliphatic carbocycles. The molecule has 0 radical (unpaired) electrons. The van der Waals surface area contributed by atoms with Gasteiger partial charge in [-0.2, -0.15) is 0 Å². The summed E-state index contributed by atoms with van der Waals surface area (Å²) in [6.45, 7) is 2.60. The summed E-state index contributed by atoms with van der Waals surface area (Å²) in [7, 11) is 1.97. The van der Waals surface area contributed by atoms with Gasteiger partial charge in [-0.05, 0) is 7.05 Å². The van der Waals surface area contributed by atoms with Crippen LogP contribution in [-0.2, 0) is 11.3 Å². The molecule has 1 aliphatic heterocycles. The van der Waals surface area contributed by atoms with Crippen LogP contribution in [0, 0.1) is 0 Å². The highest BCUT2D eigenvalue weighted by Gasteiger charge is 2.31. The Morgan fingerprint density at radius 1 is 1.50 bits per heavy atom. The van der Waals surface area contributed by atoms with E-state index in [0.29, 0.717) is 39.1 Å². The van der Waals surface area contributed by atoms with Gasteiger partial charge >= 0.3 is 0 Å². The quantitative estimate of drug-likeness (QED) is 0.816. The molecule has 0 amide bonds. The van der Waals surface area contributed by atoms with Crippen LogP contribution in [0.25, 0.3) is 0 Å². The monoisotopic (exact) mass is 226 g/mol. The molecule has 5 heteroatoms. The van der Waals surface area contributed by atoms with Crippen molar-refractivity contribution in [1.29, 1.82) is 0 Å². The van der Waals surface area contributed by atoms with Gasteiger partial charge in [-0.1, -0.05) is 5.16 Å². The number of aromatic nitrogens is 1. The molecule has 5 nitrogen and oxygen atoms in total. The van der Waals surface area contributed by atoms with Crippen molar-refractivity contribution in [2.24, 2.45) is 0 Å². The summed E-state index contributed by atoms with van der Waals surface area (Å²) in [5.41, 5.74) is -0.618. The molecule has 0 unspecified atom stereocenters. The van der Waals surface area contributed by atoms with E-state index in [1.807, 2.05) is 18.0 Å². The fourth-order valence-electron chi connectivity index (χ4n) is 2.06. The average molecular weight is 226 g/mol. The molecule has 2 rings (SSSR count). The van der Waals surface area contributed by atoms with Gasteiger partial charge in [-0.15, -0.1) is 0 Å². The maximum Gasteiger partial charge on any atom is 0.150 e. The maximum atomic E-state index is 10.3. The lowest BCUT2D eigenvalue weighted by Crippen LogP contribution is -2.45. The summed E-state index contributed by atoms with van der Waals surface area (Å²) in [5, 5.41) is 14.0. The van der Waals surface area contributed by atoms with Crippen molar-refractivity contribution >= 4 is 0 Å². The van der Waals surface area contributed by atoms with Crippen LogP contribution in [0.4, 0.5) is 0 Å². The van der Waals surface area contributed by atoms with Gasteiger partial charge in [0.2, 0.25) is 0 Å². The Bertz CT molecular complexity index is 307. The van der Waals surface area contributed by atoms with Gasteiger partial charge in [-0.25, -0.2) is 0 Å². The Morgan fingerprint density at radius 3 is 2.88 bits per heavy atom. The van der Waals surface area contributed by atoms with Gasteiger partial charge in [0.25, 0.3) is 0 Å². The third kappa shape index (κ3) is 3.04. The first-order valence-electron chi connectivity index (χ1n) is 5.56. The van der Waals surface area contributed by atoms with Crippen molar-refractivity contribution in [2.75, 3.05) is 26.8 Å². The number of ether oxygens (including phenoxy) is 1. The van der Waals surface area contributed by atoms with Crippen molar-refractivity contribution in [3.05, 3.63) is 18.0 Å². The standard InChI is InChI=1S/C11H18N2O3/c1-13(8-10-2-5-12-16-10)9-11(14)3-6-15-7-4-11/h2,5,14H,3-4,6-9H2,1H3. The molecule has 0 bridgehead atoms. The molecule has 2 heterocycles. The zero-order valence-electron chi connectivity index (χ0n) is 9.56. The van der Waals surface area contributed by atoms with Crippen LogP contribution in [0.15, 0.2) is 16.8 Å². The number of hydrogen-bond donors (Lipinski definition) is 1. The van der Waals surface area contributed by atoms with Crippen LogP contribution in [-0.4, -0.2) is 47.6 Å². The predicted molar refractivity (Wildman–Crippen MR) is 57.8 cm³/mol. The zero-order chi connectivity index (χ0) is 11.4. The van der Waals surface area contributed by atoms with E-state index in [1.54, 1.807) is 6.20 Å². The molecule has 1 aliphatic rings. The molecule has 1 saturated heterocycles. The van der Waals surface area contributed by atoms with Gasteiger partial charge in [0, 0.05) is 38.7 Å². The van der Waals surface area contributed by atoms with Crippen LogP contribution < -0.4 is 0 Å². The highest BCUT2D eigenvalue weighted by molar-refractivity contribution is 4.93. The first-order chi connectivity index (χ1) is 7.68. The lowest BCUT2D eigenvalue weighted by atomic mass is 9.94. The summed E-state index contributed by atoms with van der Waals surface area (Å²) in [4.78, 5) is 2.05. The summed E-state index contributed by atoms with van der Waals surface area (Å²) in [6.07, 6.45) is 3.04. The van der Waals surface area contributed by atoms with Gasteiger partial charge in [0.1, 0.15) is 0 Å². The van der Waals surface area contributed by atoms with E-state index in [1.165, 1.54) is 0 Å². The second-order valence-corrected chi connectivity index (χ2v) is 4.49. The predicted octanol–water partition coefficient (Wildman–Crippen LogP) is 0.648. The SMILES string of the molecule is CN(Cc1ccno1)CC1(O)CCOCC1. The molecule has 0 spiro atoms. The number of aliphatic hydroxyl groups is 1. The fraction of sp³-hybridized carbons (Fsp3) is 0.727. The van der Waals surface area contributed by atoms with Gasteiger partial charge in [0.15, 0.2) is 5.76 Å². The van der Waals surface area contributed by atoms with E-state index in [4.69, 9.17) is 9.26 Å². The topological polar surface area (TPSA) is 58.7 Å². The molecular weight excluding hydrogens is 208 g/mol. The molecule has 1 N–H and O–H groups in total. The third-order valence-electron chi connectivity index (χ3n) is 2.90. The van der Waals surface area contributed by atoms with Crippen molar-refractivity contribution in [3.63, 3.8) is 0 Å². The van der Waals surface area contributed by atoms with Crippen LogP contribution in [0.3, 0.4) is 0 Å². The van der Waals surface area contributed by atoms with E-state index in [-0.39, 0.29) is 0 Å². The van der Waals surface area contributed by atoms with E-state index < -0.39 is 5.60 Å². The lowest BCUT2D eigenvalue weighted by molar-refractivity contribution is -0.0783. The highest BCUT2D eigenvalue weighted by atomic mass is 16.5. The lowest BCUT2D eigenvalue weighted by Gasteiger charge is -2.35. The second-order valence-electron chi connectivity index (χ2n) is 4.49. The number of rotatable bonds is 4. The van der Waals surface area contributed by atoms with E-state index in [9.17, 15) is 5.11 Å². The first kappa shape index (κ1) is 11.6. The molecule has 1 aromatic rings. The molecule has 0 atom stereocenters. The molecular formula is C11H18N2O3. The van der Waals surface area contributed by atoms with Crippen LogP contribution in [0.1, 0.15) is 18.6 Å². The van der Waals surface area contributed by atoms with E-state index in [2.05, 4.69) is 5.16 Å². The number of hydrogen-bond acceptors (Lipinski definition) is 5. The molecule has 16 heavy (non-hydrogen) atoms. The second kappa shape index (κ2) is 4.95. The maximum absolute atomic E-state index is 10.3. The van der Waals surface area contributed by atoms with Crippen molar-refractivity contribution in [1.82, 2.24) is 10.1 Å². The summed E-state index contributed by atoms with van der Waals surface area (Å²) in [5.74, 6) is 0.818. The largest absolute Gasteiger partial charge is 0.388 e. The summed E-state index contributed by atoms with van der Waals surface area (Å²) < 4.78 is 10.3. The van der Waals surface area contributed by atoms with Crippen LogP contribution in [0.2, 0.25) is 0 Å². The van der Waals surface area contributed by atoms with Gasteiger partial charge in [-0.3, -0.25) is 4.90 Å². The minimum Gasteiger partial charge on any atom is -0.388 e. The number of nitrogens with zero attached hydrogens (tertiary/aromatic N) is 2. The molecule has 1 fully saturated rings. The third-order valence-corrected chi connectivity index (χ3v) is 2.90. The molecule has 90 valence electrons. The van der Waals surface area contributed by atoms with Gasteiger partial charge in [0.05, 0.1) is 18.3 Å². The smallest absolute Gasteiger partial charge is 0.150 e. The fourth-order valence-corrected chi connectivity index (χ4v) is 2.06. The van der Waals surface area contributed by atoms with Gasteiger partial charge < -0.3 is 14.4 Å². The van der Waals surface area contributed by atoms with Crippen LogP contribution in [0.5, 0.6) is 0 Å². The molecule has 1 aromatic heterocycles. The Morgan fingerprint density at radius 2 is 2.25 bits per heavy atom. The van der Waals surface area contributed by atoms with Crippen LogP contribution >= 0.6 is 0 Å². The Balaban J connectivity index is 1.84. The summed E-state index contributed by atoms with van der Waals surface area (Å²) >= 11 is 0. The Hall–Kier alpha value is -0.910. The minimum atomic E-state index is -0.618. The zero-order valence-corrected chi connectivity index (χ0v) is 9.56. The average Bonchev–Trinajstić information content (AvgIpc) is 2.70. The van der Waals surface area contributed by atoms with Crippen molar-refractivity contribution < 1.29 is 14.4 Å². The van der Waals surface area contributed by atoms with Crippen molar-refractivity contribution in [2.45, 2.75) is 25.0 Å². The van der Waals surface area contributed by atoms with E-state index in [0.717, 1.165) is 5.76 Å². The summed E-state index contributed by atoms with van der Waals surface area (Å²) in [6, 6.07) is 1.84. The normalized spacial score (nSPS) is 20.2. The van der Waals surface area contributed by atoms with Crippen molar-refractivity contribution in [3.8, 4) is 0 Å². The minimum absolute atomic E-state index is 0.618. The number of likely N-dealkylation sites (N-methyl/N-ethyl adjacent to an activating group) is 1. The molecule has 0 aromatic carbocycles. The highest BCUT2D eigenvalue weighted by Crippen LogP contribution is 2.21.